The topological polar surface area (TPSA) is 17.1 Å². The van der Waals surface area contributed by atoms with Crippen molar-refractivity contribution < 1.29 is 4.79 Å². The number of rotatable bonds is 3. The molecule has 1 heteroatoms. The van der Waals surface area contributed by atoms with Crippen LogP contribution in [0.2, 0.25) is 0 Å². The Hall–Kier alpha value is -2.93. The van der Waals surface area contributed by atoms with Crippen LogP contribution in [0.4, 0.5) is 0 Å². The molecule has 0 saturated carbocycles. The largest absolute Gasteiger partial charge is 0.298 e. The first-order valence-corrected chi connectivity index (χ1v) is 8.26. The van der Waals surface area contributed by atoms with Crippen molar-refractivity contribution in [2.45, 2.75) is 12.3 Å². The molecule has 1 nitrogen and oxygen atoms in total. The van der Waals surface area contributed by atoms with Crippen molar-refractivity contribution in [1.29, 1.82) is 0 Å². The third-order valence-electron chi connectivity index (χ3n) is 4.63. The van der Waals surface area contributed by atoms with E-state index in [2.05, 4.69) is 36.4 Å². The summed E-state index contributed by atoms with van der Waals surface area (Å²) >= 11 is 0. The molecule has 0 bridgehead atoms. The fourth-order valence-corrected chi connectivity index (χ4v) is 3.56. The summed E-state index contributed by atoms with van der Waals surface area (Å²) in [7, 11) is 0. The highest BCUT2D eigenvalue weighted by Gasteiger charge is 2.35. The van der Waals surface area contributed by atoms with Gasteiger partial charge in [-0.15, -0.1) is 0 Å². The lowest BCUT2D eigenvalue weighted by atomic mass is 9.86. The summed E-state index contributed by atoms with van der Waals surface area (Å²) in [5.74, 6) is 0.0997. The number of hydrogen-bond acceptors (Lipinski definition) is 1. The molecule has 0 aliphatic heterocycles. The van der Waals surface area contributed by atoms with Crippen LogP contribution in [0, 0.1) is 0 Å². The van der Waals surface area contributed by atoms with Gasteiger partial charge < -0.3 is 0 Å². The van der Waals surface area contributed by atoms with E-state index in [-0.39, 0.29) is 11.7 Å². The molecule has 0 unspecified atom stereocenters. The molecule has 0 radical (unpaired) electrons. The van der Waals surface area contributed by atoms with Gasteiger partial charge in [0.25, 0.3) is 0 Å². The van der Waals surface area contributed by atoms with Gasteiger partial charge in [-0.05, 0) is 27.8 Å². The van der Waals surface area contributed by atoms with E-state index in [1.165, 1.54) is 0 Å². The molecule has 24 heavy (non-hydrogen) atoms. The summed E-state index contributed by atoms with van der Waals surface area (Å²) in [6.07, 6.45) is 0.494. The molecular weight excluding hydrogens is 292 g/mol. The van der Waals surface area contributed by atoms with Gasteiger partial charge in [-0.2, -0.15) is 0 Å². The van der Waals surface area contributed by atoms with Gasteiger partial charge in [0, 0.05) is 6.42 Å². The predicted octanol–water partition coefficient (Wildman–Crippen LogP) is 5.35. The third-order valence-corrected chi connectivity index (χ3v) is 4.63. The van der Waals surface area contributed by atoms with E-state index >= 15 is 0 Å². The zero-order valence-electron chi connectivity index (χ0n) is 13.4. The van der Waals surface area contributed by atoms with E-state index in [4.69, 9.17) is 0 Å². The molecule has 0 aromatic heterocycles. The molecular formula is C23H18O. The first-order valence-electron chi connectivity index (χ1n) is 8.26. The van der Waals surface area contributed by atoms with E-state index < -0.39 is 0 Å². The molecule has 3 aromatic rings. The molecule has 4 rings (SSSR count). The van der Waals surface area contributed by atoms with E-state index in [0.29, 0.717) is 6.42 Å². The van der Waals surface area contributed by atoms with Crippen LogP contribution in [0.3, 0.4) is 0 Å². The standard InChI is InChI=1S/C23H18O/c24-21-16-20(17-10-4-1-5-11-17)22(18-12-6-2-7-13-18)23(21)19-14-8-3-9-15-19/h1-15,23H,16H2/t23-/m1/s1. The normalized spacial score (nSPS) is 17.3. The van der Waals surface area contributed by atoms with Gasteiger partial charge in [0.15, 0.2) is 0 Å². The Balaban J connectivity index is 1.94. The Morgan fingerprint density at radius 1 is 0.625 bits per heavy atom. The number of carbonyl (C=O) groups excluding carboxylic acids is 1. The summed E-state index contributed by atoms with van der Waals surface area (Å²) in [4.78, 5) is 12.9. The summed E-state index contributed by atoms with van der Waals surface area (Å²) < 4.78 is 0. The molecule has 1 atom stereocenters. The van der Waals surface area contributed by atoms with Crippen molar-refractivity contribution in [3.05, 3.63) is 108 Å². The maximum atomic E-state index is 12.9. The number of carbonyl (C=O) groups is 1. The fourth-order valence-electron chi connectivity index (χ4n) is 3.56. The molecule has 0 N–H and O–H groups in total. The van der Waals surface area contributed by atoms with Crippen molar-refractivity contribution in [2.24, 2.45) is 0 Å². The van der Waals surface area contributed by atoms with Crippen molar-refractivity contribution in [3.8, 4) is 0 Å². The van der Waals surface area contributed by atoms with Crippen LogP contribution in [0.1, 0.15) is 29.0 Å². The second-order valence-electron chi connectivity index (χ2n) is 6.11. The van der Waals surface area contributed by atoms with Crippen LogP contribution in [-0.2, 0) is 4.79 Å². The number of hydrogen-bond donors (Lipinski definition) is 0. The Morgan fingerprint density at radius 3 is 1.71 bits per heavy atom. The highest BCUT2D eigenvalue weighted by molar-refractivity contribution is 6.16. The number of allylic oxidation sites excluding steroid dienone is 2. The van der Waals surface area contributed by atoms with Crippen LogP contribution < -0.4 is 0 Å². The SMILES string of the molecule is O=C1CC(c2ccccc2)=C(c2ccccc2)[C@@H]1c1ccccc1. The quantitative estimate of drug-likeness (QED) is 0.637. The zero-order valence-corrected chi connectivity index (χ0v) is 13.4. The second-order valence-corrected chi connectivity index (χ2v) is 6.11. The fraction of sp³-hybridized carbons (Fsp3) is 0.0870. The average Bonchev–Trinajstić information content (AvgIpc) is 3.01. The van der Waals surface area contributed by atoms with Crippen LogP contribution in [0.15, 0.2) is 91.0 Å². The van der Waals surface area contributed by atoms with Crippen molar-refractivity contribution in [2.75, 3.05) is 0 Å². The monoisotopic (exact) mass is 310 g/mol. The minimum absolute atomic E-state index is 0.177. The molecule has 0 fully saturated rings. The van der Waals surface area contributed by atoms with Gasteiger partial charge in [0.2, 0.25) is 0 Å². The Morgan fingerprint density at radius 2 is 1.12 bits per heavy atom. The summed E-state index contributed by atoms with van der Waals surface area (Å²) in [5.41, 5.74) is 5.66. The molecule has 1 aliphatic carbocycles. The second kappa shape index (κ2) is 6.29. The maximum Gasteiger partial charge on any atom is 0.149 e. The molecule has 1 aliphatic rings. The first-order chi connectivity index (χ1) is 11.8. The highest BCUT2D eigenvalue weighted by Crippen LogP contribution is 2.46. The smallest absolute Gasteiger partial charge is 0.149 e. The molecule has 0 spiro atoms. The molecule has 0 amide bonds. The Labute approximate surface area is 142 Å². The summed E-state index contributed by atoms with van der Waals surface area (Å²) in [6.45, 7) is 0. The molecule has 0 heterocycles. The Bertz CT molecular complexity index is 877. The number of benzene rings is 3. The van der Waals surface area contributed by atoms with Gasteiger partial charge in [0.1, 0.15) is 5.78 Å². The number of Topliss-reactive ketones (excluding diaryl/α,β-unsaturated/α-hetero) is 1. The average molecular weight is 310 g/mol. The first kappa shape index (κ1) is 14.6. The molecule has 3 aromatic carbocycles. The van der Waals surface area contributed by atoms with Gasteiger partial charge >= 0.3 is 0 Å². The van der Waals surface area contributed by atoms with Crippen molar-refractivity contribution in [1.82, 2.24) is 0 Å². The van der Waals surface area contributed by atoms with Gasteiger partial charge in [0.05, 0.1) is 5.92 Å². The Kier molecular flexibility index (Phi) is 3.84. The van der Waals surface area contributed by atoms with Gasteiger partial charge in [-0.3, -0.25) is 4.79 Å². The van der Waals surface area contributed by atoms with Crippen LogP contribution in [0.25, 0.3) is 11.1 Å². The molecule has 116 valence electrons. The van der Waals surface area contributed by atoms with Crippen molar-refractivity contribution >= 4 is 16.9 Å². The minimum atomic E-state index is -0.177. The van der Waals surface area contributed by atoms with Crippen LogP contribution in [-0.4, -0.2) is 5.78 Å². The van der Waals surface area contributed by atoms with Gasteiger partial charge in [-0.25, -0.2) is 0 Å². The number of ketones is 1. The van der Waals surface area contributed by atoms with Crippen molar-refractivity contribution in [3.63, 3.8) is 0 Å². The van der Waals surface area contributed by atoms with Gasteiger partial charge in [-0.1, -0.05) is 91.0 Å². The third kappa shape index (κ3) is 2.59. The lowest BCUT2D eigenvalue weighted by Gasteiger charge is -2.16. The molecule has 0 saturated heterocycles. The van der Waals surface area contributed by atoms with E-state index in [0.717, 1.165) is 27.8 Å². The lowest BCUT2D eigenvalue weighted by Crippen LogP contribution is -2.07. The van der Waals surface area contributed by atoms with Crippen LogP contribution >= 0.6 is 0 Å². The summed E-state index contributed by atoms with van der Waals surface area (Å²) in [5, 5.41) is 0. The summed E-state index contributed by atoms with van der Waals surface area (Å²) in [6, 6.07) is 30.7. The lowest BCUT2D eigenvalue weighted by molar-refractivity contribution is -0.117. The van der Waals surface area contributed by atoms with E-state index in [1.54, 1.807) is 0 Å². The zero-order chi connectivity index (χ0) is 16.4. The predicted molar refractivity (Wildman–Crippen MR) is 98.5 cm³/mol. The van der Waals surface area contributed by atoms with E-state index in [9.17, 15) is 4.79 Å². The minimum Gasteiger partial charge on any atom is -0.298 e. The van der Waals surface area contributed by atoms with E-state index in [1.807, 2.05) is 54.6 Å². The van der Waals surface area contributed by atoms with Crippen LogP contribution in [0.5, 0.6) is 0 Å². The highest BCUT2D eigenvalue weighted by atomic mass is 16.1. The maximum absolute atomic E-state index is 12.9.